The standard InChI is InChI=1S/C21H34N4S/c1-6-24-11-7-9-19(24)13-23(14-20-10-8-12-26-20)15-21-17(4)22-25(16(2)3)18(21)5/h8,10,12,16,19H,6-7,9,11,13-15H2,1-5H3/t19-/m1/s1. The maximum atomic E-state index is 4.80. The van der Waals surface area contributed by atoms with Gasteiger partial charge in [-0.3, -0.25) is 14.5 Å². The van der Waals surface area contributed by atoms with Crippen molar-refractivity contribution in [1.82, 2.24) is 19.6 Å². The van der Waals surface area contributed by atoms with Gasteiger partial charge in [-0.15, -0.1) is 11.3 Å². The summed E-state index contributed by atoms with van der Waals surface area (Å²) >= 11 is 1.87. The van der Waals surface area contributed by atoms with Gasteiger partial charge in [0.2, 0.25) is 0 Å². The minimum absolute atomic E-state index is 0.415. The average Bonchev–Trinajstić information content (AvgIpc) is 3.32. The van der Waals surface area contributed by atoms with Gasteiger partial charge in [-0.2, -0.15) is 5.10 Å². The van der Waals surface area contributed by atoms with Crippen molar-refractivity contribution in [3.05, 3.63) is 39.3 Å². The van der Waals surface area contributed by atoms with Crippen molar-refractivity contribution < 1.29 is 0 Å². The SMILES string of the molecule is CCN1CCC[C@@H]1CN(Cc1cccs1)Cc1c(C)nn(C(C)C)c1C. The Bertz CT molecular complexity index is 689. The quantitative estimate of drug-likeness (QED) is 0.673. The van der Waals surface area contributed by atoms with Crippen molar-refractivity contribution in [1.29, 1.82) is 0 Å². The number of nitrogens with zero attached hydrogens (tertiary/aromatic N) is 4. The summed E-state index contributed by atoms with van der Waals surface area (Å²) in [7, 11) is 0. The fraction of sp³-hybridized carbons (Fsp3) is 0.667. The first-order valence-electron chi connectivity index (χ1n) is 10.0. The number of aryl methyl sites for hydroxylation is 1. The molecule has 4 nitrogen and oxygen atoms in total. The van der Waals surface area contributed by atoms with Crippen LogP contribution in [-0.2, 0) is 13.1 Å². The third-order valence-corrected chi connectivity index (χ3v) is 6.54. The Balaban J connectivity index is 1.79. The molecule has 1 saturated heterocycles. The van der Waals surface area contributed by atoms with Crippen LogP contribution in [0.5, 0.6) is 0 Å². The predicted octanol–water partition coefficient (Wildman–Crippen LogP) is 4.63. The molecule has 1 aliphatic heterocycles. The third kappa shape index (κ3) is 4.38. The fourth-order valence-corrected chi connectivity index (χ4v) is 5.02. The summed E-state index contributed by atoms with van der Waals surface area (Å²) in [5.41, 5.74) is 3.93. The van der Waals surface area contributed by atoms with Crippen LogP contribution in [0.3, 0.4) is 0 Å². The number of hydrogen-bond donors (Lipinski definition) is 0. The lowest BCUT2D eigenvalue weighted by Crippen LogP contribution is -2.39. The minimum atomic E-state index is 0.415. The lowest BCUT2D eigenvalue weighted by Gasteiger charge is -2.30. The summed E-state index contributed by atoms with van der Waals surface area (Å²) in [6.07, 6.45) is 2.67. The van der Waals surface area contributed by atoms with Crippen molar-refractivity contribution in [2.75, 3.05) is 19.6 Å². The third-order valence-electron chi connectivity index (χ3n) is 5.68. The second-order valence-corrected chi connectivity index (χ2v) is 8.89. The molecule has 0 bridgehead atoms. The summed E-state index contributed by atoms with van der Waals surface area (Å²) in [6, 6.07) is 5.54. The first-order chi connectivity index (χ1) is 12.5. The first kappa shape index (κ1) is 19.6. The van der Waals surface area contributed by atoms with Crippen LogP contribution in [-0.4, -0.2) is 45.3 Å². The molecule has 0 radical (unpaired) electrons. The van der Waals surface area contributed by atoms with Crippen molar-refractivity contribution in [2.45, 2.75) is 72.6 Å². The lowest BCUT2D eigenvalue weighted by atomic mass is 10.1. The Kier molecular flexibility index (Phi) is 6.54. The molecular formula is C21H34N4S. The van der Waals surface area contributed by atoms with E-state index in [1.807, 2.05) is 11.3 Å². The molecule has 0 aromatic carbocycles. The van der Waals surface area contributed by atoms with Crippen LogP contribution in [0.2, 0.25) is 0 Å². The molecule has 0 aliphatic carbocycles. The van der Waals surface area contributed by atoms with E-state index < -0.39 is 0 Å². The zero-order valence-corrected chi connectivity index (χ0v) is 17.9. The van der Waals surface area contributed by atoms with Crippen molar-refractivity contribution in [3.8, 4) is 0 Å². The zero-order chi connectivity index (χ0) is 18.7. The normalized spacial score (nSPS) is 18.5. The van der Waals surface area contributed by atoms with Crippen LogP contribution >= 0.6 is 11.3 Å². The van der Waals surface area contributed by atoms with Gasteiger partial charge in [-0.25, -0.2) is 0 Å². The molecule has 3 heterocycles. The largest absolute Gasteiger partial charge is 0.299 e. The Morgan fingerprint density at radius 2 is 2.12 bits per heavy atom. The minimum Gasteiger partial charge on any atom is -0.299 e. The Morgan fingerprint density at radius 3 is 2.73 bits per heavy atom. The number of likely N-dealkylation sites (tertiary alicyclic amines) is 1. The van der Waals surface area contributed by atoms with E-state index in [-0.39, 0.29) is 0 Å². The van der Waals surface area contributed by atoms with Gasteiger partial charge in [0.05, 0.1) is 5.69 Å². The van der Waals surface area contributed by atoms with E-state index in [4.69, 9.17) is 5.10 Å². The van der Waals surface area contributed by atoms with Gasteiger partial charge in [0.25, 0.3) is 0 Å². The smallest absolute Gasteiger partial charge is 0.0641 e. The van der Waals surface area contributed by atoms with E-state index in [0.717, 1.165) is 19.6 Å². The number of rotatable bonds is 8. The maximum absolute atomic E-state index is 4.80. The van der Waals surface area contributed by atoms with Crippen LogP contribution in [0, 0.1) is 13.8 Å². The Morgan fingerprint density at radius 1 is 1.31 bits per heavy atom. The lowest BCUT2D eigenvalue weighted by molar-refractivity contribution is 0.166. The predicted molar refractivity (Wildman–Crippen MR) is 111 cm³/mol. The summed E-state index contributed by atoms with van der Waals surface area (Å²) in [6.45, 7) is 16.7. The summed E-state index contributed by atoms with van der Waals surface area (Å²) in [5.74, 6) is 0. The topological polar surface area (TPSA) is 24.3 Å². The highest BCUT2D eigenvalue weighted by molar-refractivity contribution is 7.09. The van der Waals surface area contributed by atoms with Gasteiger partial charge in [-0.05, 0) is 65.1 Å². The molecule has 2 aromatic rings. The molecule has 0 N–H and O–H groups in total. The van der Waals surface area contributed by atoms with Gasteiger partial charge < -0.3 is 0 Å². The van der Waals surface area contributed by atoms with E-state index in [9.17, 15) is 0 Å². The molecule has 1 aliphatic rings. The van der Waals surface area contributed by atoms with Gasteiger partial charge in [-0.1, -0.05) is 13.0 Å². The maximum Gasteiger partial charge on any atom is 0.0641 e. The zero-order valence-electron chi connectivity index (χ0n) is 17.0. The average molecular weight is 375 g/mol. The van der Waals surface area contributed by atoms with Crippen molar-refractivity contribution in [2.24, 2.45) is 0 Å². The molecule has 1 atom stereocenters. The molecule has 5 heteroatoms. The molecule has 3 rings (SSSR count). The highest BCUT2D eigenvalue weighted by Crippen LogP contribution is 2.24. The Hall–Kier alpha value is -1.17. The highest BCUT2D eigenvalue weighted by Gasteiger charge is 2.26. The summed E-state index contributed by atoms with van der Waals surface area (Å²) < 4.78 is 2.18. The van der Waals surface area contributed by atoms with E-state index in [1.54, 1.807) is 0 Å². The highest BCUT2D eigenvalue weighted by atomic mass is 32.1. The van der Waals surface area contributed by atoms with E-state index in [2.05, 4.69) is 66.6 Å². The van der Waals surface area contributed by atoms with E-state index >= 15 is 0 Å². The number of thiophene rings is 1. The van der Waals surface area contributed by atoms with Gasteiger partial charge in [0.15, 0.2) is 0 Å². The van der Waals surface area contributed by atoms with Crippen molar-refractivity contribution >= 4 is 11.3 Å². The Labute approximate surface area is 162 Å². The van der Waals surface area contributed by atoms with Crippen LogP contribution in [0.25, 0.3) is 0 Å². The molecule has 144 valence electrons. The van der Waals surface area contributed by atoms with Gasteiger partial charge >= 0.3 is 0 Å². The molecule has 26 heavy (non-hydrogen) atoms. The summed E-state index contributed by atoms with van der Waals surface area (Å²) in [4.78, 5) is 6.75. The van der Waals surface area contributed by atoms with Crippen LogP contribution in [0.15, 0.2) is 17.5 Å². The second kappa shape index (κ2) is 8.68. The number of hydrogen-bond acceptors (Lipinski definition) is 4. The molecule has 0 saturated carbocycles. The molecule has 0 unspecified atom stereocenters. The van der Waals surface area contributed by atoms with Gasteiger partial charge in [0.1, 0.15) is 0 Å². The molecule has 1 fully saturated rings. The second-order valence-electron chi connectivity index (χ2n) is 7.86. The van der Waals surface area contributed by atoms with Crippen LogP contribution in [0.1, 0.15) is 61.5 Å². The molecule has 0 amide bonds. The molecular weight excluding hydrogens is 340 g/mol. The monoisotopic (exact) mass is 374 g/mol. The number of aromatic nitrogens is 2. The van der Waals surface area contributed by atoms with Crippen LogP contribution < -0.4 is 0 Å². The molecule has 2 aromatic heterocycles. The first-order valence-corrected chi connectivity index (χ1v) is 10.9. The summed E-state index contributed by atoms with van der Waals surface area (Å²) in [5, 5.41) is 6.99. The van der Waals surface area contributed by atoms with E-state index in [0.29, 0.717) is 12.1 Å². The van der Waals surface area contributed by atoms with Gasteiger partial charge in [0, 0.05) is 47.9 Å². The van der Waals surface area contributed by atoms with Crippen molar-refractivity contribution in [3.63, 3.8) is 0 Å². The van der Waals surface area contributed by atoms with E-state index in [1.165, 1.54) is 47.8 Å². The fourth-order valence-electron chi connectivity index (χ4n) is 4.28. The number of likely N-dealkylation sites (N-methyl/N-ethyl adjacent to an activating group) is 1. The molecule has 0 spiro atoms. The van der Waals surface area contributed by atoms with Crippen LogP contribution in [0.4, 0.5) is 0 Å².